The van der Waals surface area contributed by atoms with Crippen molar-refractivity contribution in [1.29, 1.82) is 10.5 Å². The second-order valence-corrected chi connectivity index (χ2v) is 4.56. The van der Waals surface area contributed by atoms with E-state index in [1.54, 1.807) is 48.5 Å². The summed E-state index contributed by atoms with van der Waals surface area (Å²) in [6.45, 7) is 0. The number of nitriles is 2. The van der Waals surface area contributed by atoms with E-state index < -0.39 is 5.97 Å². The number of nitrogens with zero attached hydrogens (tertiary/aromatic N) is 3. The molecule has 0 saturated heterocycles. The summed E-state index contributed by atoms with van der Waals surface area (Å²) in [5.74, 6) is -0.468. The highest BCUT2D eigenvalue weighted by Crippen LogP contribution is 2.33. The third-order valence-electron chi connectivity index (χ3n) is 3.17. The Hall–Kier alpha value is -3.84. The SMILES string of the molecule is COc1ccc(-c2c(NN=C(C#N)C#N)cccc2C(=O)O)cc1. The molecule has 2 aromatic rings. The normalized spacial score (nSPS) is 9.29. The smallest absolute Gasteiger partial charge is 0.336 e. The third kappa shape index (κ3) is 3.49. The van der Waals surface area contributed by atoms with E-state index in [0.29, 0.717) is 22.6 Å². The lowest BCUT2D eigenvalue weighted by Crippen LogP contribution is -2.04. The molecule has 24 heavy (non-hydrogen) atoms. The van der Waals surface area contributed by atoms with Crippen molar-refractivity contribution < 1.29 is 14.6 Å². The minimum absolute atomic E-state index is 0.0656. The van der Waals surface area contributed by atoms with Crippen LogP contribution in [0, 0.1) is 22.7 Å². The Labute approximate surface area is 138 Å². The van der Waals surface area contributed by atoms with Crippen molar-refractivity contribution in [3.05, 3.63) is 48.0 Å². The van der Waals surface area contributed by atoms with E-state index >= 15 is 0 Å². The summed E-state index contributed by atoms with van der Waals surface area (Å²) in [6, 6.07) is 14.7. The van der Waals surface area contributed by atoms with E-state index in [0.717, 1.165) is 0 Å². The first kappa shape index (κ1) is 16.5. The first-order valence-electron chi connectivity index (χ1n) is 6.75. The molecule has 0 amide bonds. The molecule has 7 nitrogen and oxygen atoms in total. The van der Waals surface area contributed by atoms with E-state index in [-0.39, 0.29) is 11.3 Å². The van der Waals surface area contributed by atoms with Gasteiger partial charge in [0.15, 0.2) is 0 Å². The van der Waals surface area contributed by atoms with Crippen LogP contribution in [0.25, 0.3) is 11.1 Å². The van der Waals surface area contributed by atoms with Crippen molar-refractivity contribution in [3.8, 4) is 29.0 Å². The second-order valence-electron chi connectivity index (χ2n) is 4.56. The molecule has 0 aliphatic carbocycles. The van der Waals surface area contributed by atoms with Crippen LogP contribution in [0.4, 0.5) is 5.69 Å². The zero-order valence-electron chi connectivity index (χ0n) is 12.6. The van der Waals surface area contributed by atoms with Crippen molar-refractivity contribution in [2.45, 2.75) is 0 Å². The van der Waals surface area contributed by atoms with Gasteiger partial charge in [-0.2, -0.15) is 15.6 Å². The van der Waals surface area contributed by atoms with Crippen LogP contribution in [0.3, 0.4) is 0 Å². The minimum atomic E-state index is -1.10. The zero-order chi connectivity index (χ0) is 17.5. The molecule has 0 fully saturated rings. The van der Waals surface area contributed by atoms with Crippen LogP contribution >= 0.6 is 0 Å². The summed E-state index contributed by atoms with van der Waals surface area (Å²) in [4.78, 5) is 11.5. The number of carboxylic acids is 1. The number of anilines is 1. The molecule has 0 bridgehead atoms. The number of hydrazone groups is 1. The van der Waals surface area contributed by atoms with Gasteiger partial charge in [0, 0.05) is 5.56 Å². The van der Waals surface area contributed by atoms with Crippen LogP contribution in [-0.2, 0) is 0 Å². The molecule has 0 aliphatic heterocycles. The predicted molar refractivity (Wildman–Crippen MR) is 87.7 cm³/mol. The lowest BCUT2D eigenvalue weighted by atomic mass is 9.97. The zero-order valence-corrected chi connectivity index (χ0v) is 12.6. The maximum Gasteiger partial charge on any atom is 0.336 e. The van der Waals surface area contributed by atoms with Crippen LogP contribution in [0.2, 0.25) is 0 Å². The number of hydrogen-bond donors (Lipinski definition) is 2. The highest BCUT2D eigenvalue weighted by molar-refractivity contribution is 6.10. The molecule has 7 heteroatoms. The van der Waals surface area contributed by atoms with Crippen molar-refractivity contribution in [1.82, 2.24) is 0 Å². The maximum atomic E-state index is 11.5. The molecule has 2 aromatic carbocycles. The molecule has 0 saturated carbocycles. The minimum Gasteiger partial charge on any atom is -0.497 e. The molecular weight excluding hydrogens is 308 g/mol. The fourth-order valence-electron chi connectivity index (χ4n) is 2.08. The topological polar surface area (TPSA) is 118 Å². The van der Waals surface area contributed by atoms with Crippen LogP contribution in [0.1, 0.15) is 10.4 Å². The molecule has 2 N–H and O–H groups in total. The monoisotopic (exact) mass is 320 g/mol. The number of benzene rings is 2. The van der Waals surface area contributed by atoms with Crippen molar-refractivity contribution >= 4 is 17.4 Å². The summed E-state index contributed by atoms with van der Waals surface area (Å²) in [5, 5.41) is 30.6. The van der Waals surface area contributed by atoms with Gasteiger partial charge in [0.2, 0.25) is 5.71 Å². The third-order valence-corrected chi connectivity index (χ3v) is 3.17. The molecule has 0 radical (unpaired) electrons. The van der Waals surface area contributed by atoms with Gasteiger partial charge >= 0.3 is 5.97 Å². The average Bonchev–Trinajstić information content (AvgIpc) is 2.62. The first-order valence-corrected chi connectivity index (χ1v) is 6.75. The van der Waals surface area contributed by atoms with E-state index in [2.05, 4.69) is 10.5 Å². The standard InChI is InChI=1S/C17H12N4O3/c1-24-13-7-5-11(6-8-13)16-14(17(22)23)3-2-4-15(16)21-20-12(9-18)10-19/h2-8,21H,1H3,(H,22,23). The molecule has 0 aromatic heterocycles. The van der Waals surface area contributed by atoms with Crippen LogP contribution in [0.15, 0.2) is 47.6 Å². The number of carboxylic acid groups (broad SMARTS) is 1. The van der Waals surface area contributed by atoms with Gasteiger partial charge < -0.3 is 9.84 Å². The highest BCUT2D eigenvalue weighted by atomic mass is 16.5. The maximum absolute atomic E-state index is 11.5. The molecule has 0 unspecified atom stereocenters. The Morgan fingerprint density at radius 1 is 1.17 bits per heavy atom. The summed E-state index contributed by atoms with van der Waals surface area (Å²) in [5.41, 5.74) is 3.67. The number of hydrogen-bond acceptors (Lipinski definition) is 6. The quantitative estimate of drug-likeness (QED) is 0.646. The summed E-state index contributed by atoms with van der Waals surface area (Å²) >= 11 is 0. The molecule has 0 spiro atoms. The number of ether oxygens (including phenoxy) is 1. The number of rotatable bonds is 5. The van der Waals surface area contributed by atoms with Crippen LogP contribution in [0.5, 0.6) is 5.75 Å². The van der Waals surface area contributed by atoms with Gasteiger partial charge in [0.25, 0.3) is 0 Å². The molecule has 0 heterocycles. The molecule has 2 rings (SSSR count). The summed E-state index contributed by atoms with van der Waals surface area (Å²) < 4.78 is 5.10. The van der Waals surface area contributed by atoms with Gasteiger partial charge in [-0.3, -0.25) is 5.43 Å². The van der Waals surface area contributed by atoms with E-state index in [1.165, 1.54) is 13.2 Å². The van der Waals surface area contributed by atoms with Crippen LogP contribution in [-0.4, -0.2) is 23.9 Å². The molecular formula is C17H12N4O3. The Morgan fingerprint density at radius 3 is 2.38 bits per heavy atom. The van der Waals surface area contributed by atoms with Gasteiger partial charge in [-0.05, 0) is 29.8 Å². The highest BCUT2D eigenvalue weighted by Gasteiger charge is 2.16. The number of aromatic carboxylic acids is 1. The number of carbonyl (C=O) groups is 1. The van der Waals surface area contributed by atoms with Crippen molar-refractivity contribution in [2.75, 3.05) is 12.5 Å². The molecule has 0 atom stereocenters. The second kappa shape index (κ2) is 7.43. The van der Waals surface area contributed by atoms with E-state index in [9.17, 15) is 9.90 Å². The van der Waals surface area contributed by atoms with Crippen LogP contribution < -0.4 is 10.2 Å². The average molecular weight is 320 g/mol. The van der Waals surface area contributed by atoms with Crippen molar-refractivity contribution in [2.24, 2.45) is 5.10 Å². The molecule has 118 valence electrons. The van der Waals surface area contributed by atoms with E-state index in [1.807, 2.05) is 0 Å². The lowest BCUT2D eigenvalue weighted by molar-refractivity contribution is 0.0698. The van der Waals surface area contributed by atoms with Gasteiger partial charge in [-0.1, -0.05) is 18.2 Å². The number of methoxy groups -OCH3 is 1. The number of nitrogens with one attached hydrogen (secondary N) is 1. The van der Waals surface area contributed by atoms with Gasteiger partial charge in [-0.25, -0.2) is 4.79 Å². The predicted octanol–water partition coefficient (Wildman–Crippen LogP) is 2.88. The van der Waals surface area contributed by atoms with E-state index in [4.69, 9.17) is 15.3 Å². The van der Waals surface area contributed by atoms with Gasteiger partial charge in [0.05, 0.1) is 18.4 Å². The first-order chi connectivity index (χ1) is 11.6. The summed E-state index contributed by atoms with van der Waals surface area (Å²) in [7, 11) is 1.53. The fourth-order valence-corrected chi connectivity index (χ4v) is 2.08. The summed E-state index contributed by atoms with van der Waals surface area (Å²) in [6.07, 6.45) is 0. The Bertz CT molecular complexity index is 858. The Kier molecular flexibility index (Phi) is 5.12. The Balaban J connectivity index is 2.58. The lowest BCUT2D eigenvalue weighted by Gasteiger charge is -2.13. The van der Waals surface area contributed by atoms with Gasteiger partial charge in [0.1, 0.15) is 17.9 Å². The Morgan fingerprint density at radius 2 is 1.83 bits per heavy atom. The van der Waals surface area contributed by atoms with Crippen molar-refractivity contribution in [3.63, 3.8) is 0 Å². The van der Waals surface area contributed by atoms with Gasteiger partial charge in [-0.15, -0.1) is 0 Å². The molecule has 0 aliphatic rings. The fraction of sp³-hybridized carbons (Fsp3) is 0.0588. The largest absolute Gasteiger partial charge is 0.497 e.